The van der Waals surface area contributed by atoms with Crippen LogP contribution in [-0.2, 0) is 71.6 Å². The molecule has 0 aliphatic carbocycles. The van der Waals surface area contributed by atoms with E-state index in [0.29, 0.717) is 88.7 Å². The Morgan fingerprint density at radius 2 is 0.692 bits per heavy atom. The Morgan fingerprint density at radius 3 is 1.00 bits per heavy atom. The second kappa shape index (κ2) is 40.9. The van der Waals surface area contributed by atoms with Crippen LogP contribution in [0.15, 0.2) is 142 Å². The van der Waals surface area contributed by atoms with Gasteiger partial charge in [-0.2, -0.15) is 0 Å². The zero-order valence-corrected chi connectivity index (χ0v) is 68.4. The van der Waals surface area contributed by atoms with Crippen LogP contribution in [0.4, 0.5) is 4.39 Å². The molecule has 0 spiro atoms. The first-order valence-electron chi connectivity index (χ1n) is 37.9. The smallest absolute Gasteiger partial charge is 0.159 e. The first-order chi connectivity index (χ1) is 56.7. The molecule has 0 saturated carbocycles. The van der Waals surface area contributed by atoms with Gasteiger partial charge in [0.15, 0.2) is 20.7 Å². The fraction of sp³-hybridized carbons (Fsp3) is 0.514. The lowest BCUT2D eigenvalue weighted by Crippen LogP contribution is -2.59. The van der Waals surface area contributed by atoms with Crippen LogP contribution in [0.2, 0.25) is 5.02 Å². The van der Waals surface area contributed by atoms with Crippen LogP contribution in [0.5, 0.6) is 28.7 Å². The molecular weight excluding hydrogens is 1620 g/mol. The van der Waals surface area contributed by atoms with Crippen molar-refractivity contribution in [2.75, 3.05) is 33.3 Å². The van der Waals surface area contributed by atoms with Crippen molar-refractivity contribution >= 4 is 79.3 Å². The number of rotatable bonds is 25. The molecule has 0 amide bonds. The lowest BCUT2D eigenvalue weighted by molar-refractivity contribution is -0.160. The number of ether oxygens (including phenoxy) is 9. The average Bonchev–Trinajstić information content (AvgIpc) is 1.66. The van der Waals surface area contributed by atoms with Crippen LogP contribution in [0.1, 0.15) is 56.0 Å². The molecule has 4 aromatic carbocycles. The van der Waals surface area contributed by atoms with Crippen molar-refractivity contribution in [3.63, 3.8) is 0 Å². The number of aromatic nitrogens is 12. The normalized spacial score (nSPS) is 30.0. The quantitative estimate of drug-likeness (QED) is 0.0391. The summed E-state index contributed by atoms with van der Waals surface area (Å²) in [6.07, 6.45) is -3.73. The molecule has 12 N–H and O–H groups in total. The molecule has 12 heterocycles. The van der Waals surface area contributed by atoms with E-state index in [2.05, 4.69) is 82.5 Å². The number of aliphatic imine (C=N–C) groups is 4. The summed E-state index contributed by atoms with van der Waals surface area (Å²) >= 11 is 11.6. The van der Waals surface area contributed by atoms with Crippen molar-refractivity contribution in [3.8, 4) is 28.7 Å². The number of benzene rings is 4. The SMILES string of the molecule is CCN=C1N[C@@H]2[C@@H](O)[C@H](O)[C@@H](Cn3cc(COc4cccc(C)c4)nn3)O[C@@H]2S1.CCN=C1N[C@@H]2[C@@H](O)[C@H](O)[C@@H](Cn3cc(COc4cccc(Cl)c4)nn3)O[C@@H]2S1.CCN=C1N[C@@H]2[C@@H](O)[C@H](O)[C@@H](Cn3cc(COc4cccc(F)c4)nn3)O[C@@H]2S1.CCN=C1N[C@@H]2[C@@H](O)[C@H](O)[C@@H](Cn3cc(COc4cccc(OC)c4)nn3)O[C@@H]2S1. The van der Waals surface area contributed by atoms with Crippen LogP contribution < -0.4 is 45.0 Å². The molecule has 0 bridgehead atoms. The van der Waals surface area contributed by atoms with Crippen molar-refractivity contribution in [3.05, 3.63) is 161 Å². The monoisotopic (exact) mass is 1720 g/mol. The molecule has 0 radical (unpaired) electrons. The number of thioether (sulfide) groups is 4. The number of aryl methyl sites for hydroxylation is 1. The number of amidine groups is 4. The zero-order chi connectivity index (χ0) is 82.2. The third kappa shape index (κ3) is 22.7. The minimum atomic E-state index is -1.08. The molecule has 8 aromatic rings. The van der Waals surface area contributed by atoms with E-state index in [-0.39, 0.29) is 79.6 Å². The van der Waals surface area contributed by atoms with E-state index < -0.39 is 91.4 Å². The van der Waals surface area contributed by atoms with Crippen molar-refractivity contribution in [2.45, 2.75) is 206 Å². The fourth-order valence-electron chi connectivity index (χ4n) is 13.2. The number of methoxy groups -OCH3 is 1. The molecule has 8 aliphatic rings. The summed E-state index contributed by atoms with van der Waals surface area (Å²) in [6, 6.07) is 26.5. The van der Waals surface area contributed by atoms with E-state index in [1.807, 2.05) is 83.1 Å². The van der Waals surface area contributed by atoms with Crippen LogP contribution in [0.25, 0.3) is 0 Å². The lowest BCUT2D eigenvalue weighted by Gasteiger charge is -2.38. The number of aliphatic hydroxyl groups is 8. The van der Waals surface area contributed by atoms with Crippen molar-refractivity contribution in [1.82, 2.24) is 81.2 Å². The summed E-state index contributed by atoms with van der Waals surface area (Å²) in [6.45, 7) is 14.2. The predicted molar refractivity (Wildman–Crippen MR) is 432 cm³/mol. The number of nitrogens with zero attached hydrogens (tertiary/aromatic N) is 16. The first kappa shape index (κ1) is 86.3. The summed E-state index contributed by atoms with van der Waals surface area (Å²) in [4.78, 5) is 17.3. The molecule has 8 saturated heterocycles. The molecule has 0 unspecified atom stereocenters. The van der Waals surface area contributed by atoms with Gasteiger partial charge < -0.3 is 105 Å². The van der Waals surface area contributed by atoms with Gasteiger partial charge in [-0.05, 0) is 94.8 Å². The minimum absolute atomic E-state index is 0.126. The molecular formula is C74H94ClFN20O17S4. The summed E-state index contributed by atoms with van der Waals surface area (Å²) in [5, 5.41) is 132. The molecule has 8 fully saturated rings. The Bertz CT molecular complexity index is 4340. The maximum Gasteiger partial charge on any atom is 0.159 e. The van der Waals surface area contributed by atoms with Gasteiger partial charge in [-0.3, -0.25) is 20.0 Å². The number of fused-ring (bicyclic) bond motifs is 4. The molecule has 4 aromatic heterocycles. The molecule has 117 heavy (non-hydrogen) atoms. The van der Waals surface area contributed by atoms with Crippen LogP contribution in [0, 0.1) is 12.7 Å². The fourth-order valence-corrected chi connectivity index (χ4v) is 18.2. The topological polar surface area (TPSA) is 465 Å². The van der Waals surface area contributed by atoms with Gasteiger partial charge >= 0.3 is 0 Å². The van der Waals surface area contributed by atoms with Crippen molar-refractivity contribution < 1.29 is 87.9 Å². The Morgan fingerprint density at radius 1 is 0.402 bits per heavy atom. The van der Waals surface area contributed by atoms with Gasteiger partial charge in [-0.15, -0.1) is 20.4 Å². The highest BCUT2D eigenvalue weighted by molar-refractivity contribution is 8.15. The van der Waals surface area contributed by atoms with E-state index >= 15 is 0 Å². The van der Waals surface area contributed by atoms with E-state index in [0.717, 1.165) is 26.8 Å². The van der Waals surface area contributed by atoms with Gasteiger partial charge in [0.05, 0.1) is 82.2 Å². The highest BCUT2D eigenvalue weighted by Gasteiger charge is 2.53. The molecule has 37 nitrogen and oxygen atoms in total. The molecule has 20 atom stereocenters. The predicted octanol–water partition coefficient (Wildman–Crippen LogP) is 2.65. The zero-order valence-electron chi connectivity index (χ0n) is 64.4. The Balaban J connectivity index is 0.000000135. The maximum atomic E-state index is 13.2. The van der Waals surface area contributed by atoms with Crippen LogP contribution in [-0.4, -0.2) is 274 Å². The van der Waals surface area contributed by atoms with Gasteiger partial charge in [0.1, 0.15) is 179 Å². The van der Waals surface area contributed by atoms with E-state index in [4.69, 9.17) is 54.2 Å². The van der Waals surface area contributed by atoms with Crippen molar-refractivity contribution in [1.29, 1.82) is 0 Å². The summed E-state index contributed by atoms with van der Waals surface area (Å²) < 4.78 is 71.3. The van der Waals surface area contributed by atoms with Gasteiger partial charge in [0.25, 0.3) is 0 Å². The first-order valence-corrected chi connectivity index (χ1v) is 41.8. The summed E-state index contributed by atoms with van der Waals surface area (Å²) in [7, 11) is 1.60. The van der Waals surface area contributed by atoms with Gasteiger partial charge in [-0.25, -0.2) is 23.1 Å². The summed E-state index contributed by atoms with van der Waals surface area (Å²) in [5.41, 5.74) is 2.31. The second-order valence-corrected chi connectivity index (χ2v) is 32.4. The maximum absolute atomic E-state index is 13.2. The third-order valence-corrected chi connectivity index (χ3v) is 23.7. The number of halogens is 2. The lowest BCUT2D eigenvalue weighted by atomic mass is 9.98. The largest absolute Gasteiger partial charge is 0.497 e. The van der Waals surface area contributed by atoms with Gasteiger partial charge in [0.2, 0.25) is 0 Å². The molecule has 43 heteroatoms. The van der Waals surface area contributed by atoms with Crippen molar-refractivity contribution in [2.24, 2.45) is 20.0 Å². The van der Waals surface area contributed by atoms with E-state index in [1.165, 1.54) is 63.9 Å². The highest BCUT2D eigenvalue weighted by Crippen LogP contribution is 2.39. The summed E-state index contributed by atoms with van der Waals surface area (Å²) in [5.74, 6) is 2.81. The molecule has 16 rings (SSSR count). The van der Waals surface area contributed by atoms with E-state index in [1.54, 1.807) is 82.3 Å². The van der Waals surface area contributed by atoms with Crippen LogP contribution >= 0.6 is 58.6 Å². The minimum Gasteiger partial charge on any atom is -0.497 e. The number of aliphatic hydroxyl groups excluding tert-OH is 8. The van der Waals surface area contributed by atoms with Gasteiger partial charge in [0, 0.05) is 43.3 Å². The van der Waals surface area contributed by atoms with Crippen LogP contribution in [0.3, 0.4) is 0 Å². The number of nitrogens with one attached hydrogen (secondary N) is 4. The average molecular weight is 1720 g/mol. The second-order valence-electron chi connectivity index (χ2n) is 27.7. The molecule has 630 valence electrons. The third-order valence-electron chi connectivity index (χ3n) is 19.1. The molecule has 8 aliphatic heterocycles. The Labute approximate surface area is 693 Å². The number of hydrogen-bond acceptors (Lipinski definition) is 33. The van der Waals surface area contributed by atoms with E-state index in [9.17, 15) is 45.2 Å². The number of hydrogen-bond donors (Lipinski definition) is 12. The Hall–Kier alpha value is -8.54. The highest BCUT2D eigenvalue weighted by atomic mass is 35.5. The standard InChI is InChI=1S/C19H25N5O5S.C19H25N5O4S.C18H22ClN5O4S.C18H22FN5O4S/c1-3-20-19-21-15-17(26)16(25)14(29-18(15)30-19)9-24-8-11(22-23-24)10-28-13-6-4-5-12(7-13)27-2;1-3-20-19-21-15-17(26)16(25)14(28-18(15)29-19)9-24-8-12(22-23-24)10-27-13-6-4-5-11(2)7-13;2*1-2-20-18-21-14-16(26)15(25)13(28-17(14)29-18)8-24-7-11(22-23-24)9-27-12-5-3-4-10(19)6-12/h4-8,14-18,25-26H,3,9-10H2,1-2H3,(H,20,21);4-8,14-18,25-26H,3,9-10H2,1-2H3,(H,20,21);2*3-7,13-17,25-26H,2,8-9H2,1H3,(H,20,21)/t2*14-,15-,16-,17-,18-;2*13-,14-,15-,16-,17-/m1111/s1. The van der Waals surface area contributed by atoms with Gasteiger partial charge in [-0.1, -0.05) is 110 Å². The Kier molecular flexibility index (Phi) is 30.2.